The molecule has 0 bridgehead atoms. The number of amides is 1. The van der Waals surface area contributed by atoms with E-state index in [2.05, 4.69) is 20.4 Å². The predicted octanol–water partition coefficient (Wildman–Crippen LogP) is 3.28. The number of fused-ring (bicyclic) bond motifs is 1. The van der Waals surface area contributed by atoms with E-state index in [1.54, 1.807) is 11.3 Å². The number of nitrogens with zero attached hydrogens (tertiary/aromatic N) is 3. The van der Waals surface area contributed by atoms with Crippen molar-refractivity contribution in [3.05, 3.63) is 65.4 Å². The molecule has 0 saturated heterocycles. The molecule has 6 nitrogen and oxygen atoms in total. The highest BCUT2D eigenvalue weighted by Gasteiger charge is 2.11. The van der Waals surface area contributed by atoms with E-state index < -0.39 is 0 Å². The Morgan fingerprint density at radius 1 is 1.17 bits per heavy atom. The molecule has 1 N–H and O–H groups in total. The lowest BCUT2D eigenvalue weighted by atomic mass is 10.3. The number of nitrogens with one attached hydrogen (secondary N) is 1. The molecule has 24 heavy (non-hydrogen) atoms. The Morgan fingerprint density at radius 2 is 2.04 bits per heavy atom. The van der Waals surface area contributed by atoms with Gasteiger partial charge in [0.15, 0.2) is 5.76 Å². The average molecular weight is 336 g/mol. The Hall–Kier alpha value is -3.06. The molecule has 118 valence electrons. The summed E-state index contributed by atoms with van der Waals surface area (Å²) in [6.45, 7) is 0.266. The lowest BCUT2D eigenvalue weighted by molar-refractivity contribution is 0.0945. The van der Waals surface area contributed by atoms with Crippen LogP contribution in [0.5, 0.6) is 0 Å². The fraction of sp³-hybridized carbons (Fsp3) is 0.0588. The SMILES string of the molecule is O=C(NCc1cc(-c2cccs2)on1)c1cnc2ccccc2n1. The maximum atomic E-state index is 12.2. The summed E-state index contributed by atoms with van der Waals surface area (Å²) in [4.78, 5) is 21.8. The molecule has 0 spiro atoms. The largest absolute Gasteiger partial charge is 0.355 e. The molecule has 7 heteroatoms. The number of aromatic nitrogens is 3. The molecule has 0 aliphatic heterocycles. The maximum absolute atomic E-state index is 12.2. The third kappa shape index (κ3) is 2.89. The van der Waals surface area contributed by atoms with Gasteiger partial charge in [0, 0.05) is 6.07 Å². The van der Waals surface area contributed by atoms with Gasteiger partial charge in [-0.15, -0.1) is 11.3 Å². The van der Waals surface area contributed by atoms with Crippen LogP contribution in [0.2, 0.25) is 0 Å². The number of carbonyl (C=O) groups is 1. The van der Waals surface area contributed by atoms with Crippen molar-refractivity contribution in [2.24, 2.45) is 0 Å². The first kappa shape index (κ1) is 14.5. The van der Waals surface area contributed by atoms with Crippen molar-refractivity contribution in [2.45, 2.75) is 6.54 Å². The third-order valence-electron chi connectivity index (χ3n) is 3.43. The fourth-order valence-electron chi connectivity index (χ4n) is 2.26. The maximum Gasteiger partial charge on any atom is 0.271 e. The molecule has 0 atom stereocenters. The minimum atomic E-state index is -0.297. The average Bonchev–Trinajstić information content (AvgIpc) is 3.30. The summed E-state index contributed by atoms with van der Waals surface area (Å²) in [5, 5.41) is 8.72. The zero-order valence-corrected chi connectivity index (χ0v) is 13.3. The van der Waals surface area contributed by atoms with Gasteiger partial charge in [-0.2, -0.15) is 0 Å². The van der Waals surface area contributed by atoms with Gasteiger partial charge >= 0.3 is 0 Å². The normalized spacial score (nSPS) is 10.8. The van der Waals surface area contributed by atoms with E-state index in [1.165, 1.54) is 6.20 Å². The zero-order valence-electron chi connectivity index (χ0n) is 12.5. The third-order valence-corrected chi connectivity index (χ3v) is 4.32. The van der Waals surface area contributed by atoms with Crippen molar-refractivity contribution >= 4 is 28.3 Å². The lowest BCUT2D eigenvalue weighted by Crippen LogP contribution is -2.24. The summed E-state index contributed by atoms with van der Waals surface area (Å²) in [5.74, 6) is 0.397. The number of para-hydroxylation sites is 2. The van der Waals surface area contributed by atoms with Gasteiger partial charge in [0.1, 0.15) is 11.4 Å². The number of benzene rings is 1. The second kappa shape index (κ2) is 6.21. The molecule has 0 fully saturated rings. The van der Waals surface area contributed by atoms with Crippen molar-refractivity contribution in [2.75, 3.05) is 0 Å². The van der Waals surface area contributed by atoms with Crippen molar-refractivity contribution in [3.8, 4) is 10.6 Å². The molecule has 4 aromatic rings. The summed E-state index contributed by atoms with van der Waals surface area (Å²) in [6, 6.07) is 13.1. The van der Waals surface area contributed by atoms with Gasteiger partial charge in [-0.05, 0) is 23.6 Å². The van der Waals surface area contributed by atoms with Gasteiger partial charge in [0.25, 0.3) is 5.91 Å². The molecule has 3 aromatic heterocycles. The van der Waals surface area contributed by atoms with E-state index >= 15 is 0 Å². The number of hydrogen-bond acceptors (Lipinski definition) is 6. The van der Waals surface area contributed by atoms with Crippen molar-refractivity contribution in [1.82, 2.24) is 20.4 Å². The van der Waals surface area contributed by atoms with E-state index in [0.717, 1.165) is 10.4 Å². The first-order valence-corrected chi connectivity index (χ1v) is 8.17. The molecule has 0 aliphatic carbocycles. The molecule has 3 heterocycles. The van der Waals surface area contributed by atoms with Crippen LogP contribution in [0.15, 0.2) is 58.6 Å². The Bertz CT molecular complexity index is 995. The molecular weight excluding hydrogens is 324 g/mol. The predicted molar refractivity (Wildman–Crippen MR) is 90.5 cm³/mol. The van der Waals surface area contributed by atoms with Crippen LogP contribution in [0.1, 0.15) is 16.2 Å². The highest BCUT2D eigenvalue weighted by atomic mass is 32.1. The van der Waals surface area contributed by atoms with Gasteiger partial charge in [-0.1, -0.05) is 23.4 Å². The summed E-state index contributed by atoms with van der Waals surface area (Å²) in [7, 11) is 0. The summed E-state index contributed by atoms with van der Waals surface area (Å²) in [6.07, 6.45) is 1.47. The van der Waals surface area contributed by atoms with Gasteiger partial charge < -0.3 is 9.84 Å². The highest BCUT2D eigenvalue weighted by molar-refractivity contribution is 7.13. The smallest absolute Gasteiger partial charge is 0.271 e. The second-order valence-electron chi connectivity index (χ2n) is 5.09. The molecular formula is C17H12N4O2S. The van der Waals surface area contributed by atoms with Crippen LogP contribution in [-0.4, -0.2) is 21.0 Å². The van der Waals surface area contributed by atoms with Crippen LogP contribution >= 0.6 is 11.3 Å². The first-order chi connectivity index (χ1) is 11.8. The number of carbonyl (C=O) groups excluding carboxylic acids is 1. The van der Waals surface area contributed by atoms with Crippen molar-refractivity contribution < 1.29 is 9.32 Å². The summed E-state index contributed by atoms with van der Waals surface area (Å²) < 4.78 is 5.29. The monoisotopic (exact) mass is 336 g/mol. The second-order valence-corrected chi connectivity index (χ2v) is 6.03. The van der Waals surface area contributed by atoms with Crippen LogP contribution in [0.4, 0.5) is 0 Å². The van der Waals surface area contributed by atoms with E-state index in [0.29, 0.717) is 17.0 Å². The van der Waals surface area contributed by atoms with Crippen LogP contribution in [0, 0.1) is 0 Å². The Kier molecular flexibility index (Phi) is 3.76. The molecule has 0 aliphatic rings. The Balaban J connectivity index is 1.46. The zero-order chi connectivity index (χ0) is 16.4. The lowest BCUT2D eigenvalue weighted by Gasteiger charge is -2.03. The number of hydrogen-bond donors (Lipinski definition) is 1. The van der Waals surface area contributed by atoms with Gasteiger partial charge in [-0.3, -0.25) is 9.78 Å². The van der Waals surface area contributed by atoms with Crippen LogP contribution in [0.25, 0.3) is 21.7 Å². The quantitative estimate of drug-likeness (QED) is 0.618. The van der Waals surface area contributed by atoms with E-state index in [-0.39, 0.29) is 18.1 Å². The Morgan fingerprint density at radius 3 is 2.88 bits per heavy atom. The molecule has 4 rings (SSSR count). The van der Waals surface area contributed by atoms with E-state index in [9.17, 15) is 4.79 Å². The first-order valence-electron chi connectivity index (χ1n) is 7.29. The fourth-order valence-corrected chi connectivity index (χ4v) is 2.93. The molecule has 1 aromatic carbocycles. The van der Waals surface area contributed by atoms with Gasteiger partial charge in [-0.25, -0.2) is 4.98 Å². The van der Waals surface area contributed by atoms with Gasteiger partial charge in [0.2, 0.25) is 0 Å². The summed E-state index contributed by atoms with van der Waals surface area (Å²) in [5.41, 5.74) is 2.37. The standard InChI is InChI=1S/C17H12N4O2S/c22-17(14-10-18-12-4-1-2-5-13(12)20-14)19-9-11-8-15(23-21-11)16-6-3-7-24-16/h1-8,10H,9H2,(H,19,22). The van der Waals surface area contributed by atoms with Crippen LogP contribution in [0.3, 0.4) is 0 Å². The van der Waals surface area contributed by atoms with Crippen molar-refractivity contribution in [1.29, 1.82) is 0 Å². The molecule has 1 amide bonds. The summed E-state index contributed by atoms with van der Waals surface area (Å²) >= 11 is 1.57. The topological polar surface area (TPSA) is 80.9 Å². The number of rotatable bonds is 4. The van der Waals surface area contributed by atoms with Crippen LogP contribution < -0.4 is 5.32 Å². The highest BCUT2D eigenvalue weighted by Crippen LogP contribution is 2.25. The molecule has 0 saturated carbocycles. The molecule has 0 radical (unpaired) electrons. The minimum Gasteiger partial charge on any atom is -0.355 e. The van der Waals surface area contributed by atoms with E-state index in [1.807, 2.05) is 47.8 Å². The Labute approximate surface area is 141 Å². The van der Waals surface area contributed by atoms with Crippen molar-refractivity contribution in [3.63, 3.8) is 0 Å². The van der Waals surface area contributed by atoms with Gasteiger partial charge in [0.05, 0.1) is 28.7 Å². The number of thiophene rings is 1. The van der Waals surface area contributed by atoms with Crippen LogP contribution in [-0.2, 0) is 6.54 Å². The minimum absolute atomic E-state index is 0.266. The molecule has 0 unspecified atom stereocenters. The van der Waals surface area contributed by atoms with E-state index in [4.69, 9.17) is 4.52 Å².